The molecule has 0 saturated carbocycles. The van der Waals surface area contributed by atoms with Crippen LogP contribution in [-0.4, -0.2) is 19.8 Å². The van der Waals surface area contributed by atoms with E-state index in [-0.39, 0.29) is 0 Å². The van der Waals surface area contributed by atoms with Gasteiger partial charge in [-0.05, 0) is 37.3 Å². The van der Waals surface area contributed by atoms with Gasteiger partial charge in [-0.1, -0.05) is 24.9 Å². The lowest BCUT2D eigenvalue weighted by Gasteiger charge is -2.23. The van der Waals surface area contributed by atoms with Crippen molar-refractivity contribution in [3.63, 3.8) is 0 Å². The summed E-state index contributed by atoms with van der Waals surface area (Å²) in [5.41, 5.74) is 1.42. The molecule has 1 aromatic heterocycles. The zero-order valence-electron chi connectivity index (χ0n) is 11.0. The summed E-state index contributed by atoms with van der Waals surface area (Å²) in [5, 5.41) is 3.59. The van der Waals surface area contributed by atoms with E-state index in [9.17, 15) is 0 Å². The summed E-state index contributed by atoms with van der Waals surface area (Å²) in [6.07, 6.45) is 6.03. The second-order valence-corrected chi connectivity index (χ2v) is 6.56. The first-order valence-electron chi connectivity index (χ1n) is 6.90. The number of thiophene rings is 1. The molecule has 1 heterocycles. The Hall–Kier alpha value is -0.0900. The highest BCUT2D eigenvalue weighted by atomic mass is 35.5. The molecule has 1 aromatic rings. The Labute approximate surface area is 119 Å². The molecule has 0 aromatic carbocycles. The number of ether oxygens (including phenoxy) is 1. The highest BCUT2D eigenvalue weighted by Crippen LogP contribution is 2.37. The topological polar surface area (TPSA) is 21.3 Å². The molecule has 0 bridgehead atoms. The summed E-state index contributed by atoms with van der Waals surface area (Å²) in [6.45, 7) is 4.81. The second kappa shape index (κ2) is 7.49. The smallest absolute Gasteiger partial charge is 0.0934 e. The van der Waals surface area contributed by atoms with Crippen molar-refractivity contribution in [3.8, 4) is 0 Å². The average molecular weight is 288 g/mol. The normalized spacial score (nSPS) is 18.9. The molecule has 0 spiro atoms. The van der Waals surface area contributed by atoms with Crippen LogP contribution in [0.4, 0.5) is 0 Å². The molecule has 0 radical (unpaired) electrons. The summed E-state index contributed by atoms with van der Waals surface area (Å²) >= 11 is 7.84. The average Bonchev–Trinajstić information content (AvgIpc) is 2.74. The van der Waals surface area contributed by atoms with Crippen molar-refractivity contribution in [3.05, 3.63) is 20.8 Å². The Bertz CT molecular complexity index is 367. The fourth-order valence-corrected chi connectivity index (χ4v) is 3.77. The van der Waals surface area contributed by atoms with Crippen LogP contribution in [0.2, 0.25) is 4.34 Å². The number of hydrogen-bond acceptors (Lipinski definition) is 3. The van der Waals surface area contributed by atoms with Crippen molar-refractivity contribution in [1.82, 2.24) is 5.32 Å². The lowest BCUT2D eigenvalue weighted by molar-refractivity contribution is 0.130. The van der Waals surface area contributed by atoms with E-state index in [1.54, 1.807) is 11.3 Å². The van der Waals surface area contributed by atoms with Crippen LogP contribution in [0.3, 0.4) is 0 Å². The molecular formula is C14H22ClNOS. The Morgan fingerprint density at radius 3 is 3.22 bits per heavy atom. The third kappa shape index (κ3) is 3.95. The van der Waals surface area contributed by atoms with E-state index >= 15 is 0 Å². The molecule has 0 amide bonds. The predicted octanol–water partition coefficient (Wildman–Crippen LogP) is 4.19. The van der Waals surface area contributed by atoms with Gasteiger partial charge in [-0.2, -0.15) is 0 Å². The SMILES string of the molecule is CCCCOCCNC1CCCc2sc(Cl)cc21. The fourth-order valence-electron chi connectivity index (χ4n) is 2.39. The van der Waals surface area contributed by atoms with Crippen molar-refractivity contribution in [1.29, 1.82) is 0 Å². The van der Waals surface area contributed by atoms with Crippen LogP contribution < -0.4 is 5.32 Å². The molecule has 4 heteroatoms. The standard InChI is InChI=1S/C14H22ClNOS/c1-2-3-8-17-9-7-16-12-5-4-6-13-11(12)10-14(15)18-13/h10,12,16H,2-9H2,1H3. The fraction of sp³-hybridized carbons (Fsp3) is 0.714. The van der Waals surface area contributed by atoms with E-state index in [2.05, 4.69) is 18.3 Å². The molecule has 0 saturated heterocycles. The summed E-state index contributed by atoms with van der Waals surface area (Å²) in [4.78, 5) is 1.47. The maximum Gasteiger partial charge on any atom is 0.0934 e. The zero-order valence-corrected chi connectivity index (χ0v) is 12.6. The van der Waals surface area contributed by atoms with Gasteiger partial charge in [-0.3, -0.25) is 0 Å². The third-order valence-electron chi connectivity index (χ3n) is 3.36. The summed E-state index contributed by atoms with van der Waals surface area (Å²) in [5.74, 6) is 0. The Morgan fingerprint density at radius 2 is 2.39 bits per heavy atom. The quantitative estimate of drug-likeness (QED) is 0.760. The molecule has 102 valence electrons. The highest BCUT2D eigenvalue weighted by Gasteiger charge is 2.21. The monoisotopic (exact) mass is 287 g/mol. The number of aryl methyl sites for hydroxylation is 1. The Morgan fingerprint density at radius 1 is 1.50 bits per heavy atom. The van der Waals surface area contributed by atoms with Crippen LogP contribution in [0, 0.1) is 0 Å². The first kappa shape index (κ1) is 14.3. The minimum atomic E-state index is 0.479. The van der Waals surface area contributed by atoms with Gasteiger partial charge in [-0.25, -0.2) is 0 Å². The highest BCUT2D eigenvalue weighted by molar-refractivity contribution is 7.16. The van der Waals surface area contributed by atoms with Crippen LogP contribution in [0.5, 0.6) is 0 Å². The first-order chi connectivity index (χ1) is 8.81. The van der Waals surface area contributed by atoms with Gasteiger partial charge >= 0.3 is 0 Å². The number of nitrogens with one attached hydrogen (secondary N) is 1. The van der Waals surface area contributed by atoms with Gasteiger partial charge in [0.2, 0.25) is 0 Å². The number of hydrogen-bond donors (Lipinski definition) is 1. The van der Waals surface area contributed by atoms with Gasteiger partial charge in [-0.15, -0.1) is 11.3 Å². The van der Waals surface area contributed by atoms with E-state index < -0.39 is 0 Å². The summed E-state index contributed by atoms with van der Waals surface area (Å²) in [7, 11) is 0. The molecule has 18 heavy (non-hydrogen) atoms. The van der Waals surface area contributed by atoms with Gasteiger partial charge in [0.15, 0.2) is 0 Å². The molecular weight excluding hydrogens is 266 g/mol. The van der Waals surface area contributed by atoms with Gasteiger partial charge < -0.3 is 10.1 Å². The molecule has 0 aliphatic heterocycles. The Kier molecular flexibility index (Phi) is 5.96. The van der Waals surface area contributed by atoms with Crippen LogP contribution >= 0.6 is 22.9 Å². The number of halogens is 1. The minimum absolute atomic E-state index is 0.479. The first-order valence-corrected chi connectivity index (χ1v) is 8.10. The van der Waals surface area contributed by atoms with Crippen molar-refractivity contribution in [2.75, 3.05) is 19.8 Å². The lowest BCUT2D eigenvalue weighted by atomic mass is 9.94. The number of rotatable bonds is 7. The van der Waals surface area contributed by atoms with Crippen LogP contribution in [-0.2, 0) is 11.2 Å². The molecule has 2 rings (SSSR count). The third-order valence-corrected chi connectivity index (χ3v) is 4.70. The van der Waals surface area contributed by atoms with Crippen molar-refractivity contribution in [2.24, 2.45) is 0 Å². The van der Waals surface area contributed by atoms with E-state index in [1.807, 2.05) is 0 Å². The minimum Gasteiger partial charge on any atom is -0.380 e. The van der Waals surface area contributed by atoms with Crippen molar-refractivity contribution < 1.29 is 4.74 Å². The van der Waals surface area contributed by atoms with Gasteiger partial charge in [0, 0.05) is 24.1 Å². The maximum absolute atomic E-state index is 6.10. The zero-order chi connectivity index (χ0) is 12.8. The maximum atomic E-state index is 6.10. The van der Waals surface area contributed by atoms with E-state index in [0.717, 1.165) is 30.5 Å². The molecule has 2 nitrogen and oxygen atoms in total. The van der Waals surface area contributed by atoms with Crippen LogP contribution in [0.25, 0.3) is 0 Å². The number of fused-ring (bicyclic) bond motifs is 1. The lowest BCUT2D eigenvalue weighted by Crippen LogP contribution is -2.27. The van der Waals surface area contributed by atoms with Crippen LogP contribution in [0.1, 0.15) is 49.1 Å². The molecule has 1 aliphatic rings. The molecule has 0 fully saturated rings. The van der Waals surface area contributed by atoms with Crippen molar-refractivity contribution >= 4 is 22.9 Å². The van der Waals surface area contributed by atoms with Crippen LogP contribution in [0.15, 0.2) is 6.07 Å². The summed E-state index contributed by atoms with van der Waals surface area (Å²) < 4.78 is 6.50. The van der Waals surface area contributed by atoms with E-state index in [0.29, 0.717) is 6.04 Å². The predicted molar refractivity (Wildman–Crippen MR) is 78.7 cm³/mol. The van der Waals surface area contributed by atoms with Crippen molar-refractivity contribution in [2.45, 2.75) is 45.1 Å². The molecule has 1 atom stereocenters. The Balaban J connectivity index is 1.74. The summed E-state index contributed by atoms with van der Waals surface area (Å²) in [6, 6.07) is 2.61. The van der Waals surface area contributed by atoms with Gasteiger partial charge in [0.1, 0.15) is 0 Å². The molecule has 1 unspecified atom stereocenters. The largest absolute Gasteiger partial charge is 0.380 e. The van der Waals surface area contributed by atoms with Gasteiger partial charge in [0.05, 0.1) is 10.9 Å². The molecule has 1 aliphatic carbocycles. The number of unbranched alkanes of at least 4 members (excludes halogenated alkanes) is 1. The van der Waals surface area contributed by atoms with Gasteiger partial charge in [0.25, 0.3) is 0 Å². The second-order valence-electron chi connectivity index (χ2n) is 4.79. The van der Waals surface area contributed by atoms with E-state index in [4.69, 9.17) is 16.3 Å². The van der Waals surface area contributed by atoms with E-state index in [1.165, 1.54) is 36.1 Å². The molecule has 1 N–H and O–H groups in total.